The van der Waals surface area contributed by atoms with Gasteiger partial charge in [0, 0.05) is 24.0 Å². The summed E-state index contributed by atoms with van der Waals surface area (Å²) in [6.07, 6.45) is 1.05. The number of carbonyl (C=O) groups excluding carboxylic acids is 2. The molecule has 124 valence electrons. The molecule has 0 bridgehead atoms. The van der Waals surface area contributed by atoms with Gasteiger partial charge in [-0.05, 0) is 17.9 Å². The minimum absolute atomic E-state index is 0.130. The Morgan fingerprint density at radius 2 is 2.04 bits per heavy atom. The van der Waals surface area contributed by atoms with Gasteiger partial charge in [0.1, 0.15) is 5.25 Å². The first kappa shape index (κ1) is 16.5. The van der Waals surface area contributed by atoms with Gasteiger partial charge in [0.2, 0.25) is 11.8 Å². The summed E-state index contributed by atoms with van der Waals surface area (Å²) in [7, 11) is 0. The molecule has 5 nitrogen and oxygen atoms in total. The minimum atomic E-state index is -0.421. The molecule has 0 unspecified atom stereocenters. The highest BCUT2D eigenvalue weighted by Gasteiger charge is 2.31. The second-order valence-electron chi connectivity index (χ2n) is 5.56. The molecule has 0 spiro atoms. The molecular weight excluding hydrogens is 322 g/mol. The molecule has 2 aromatic carbocycles. The number of anilines is 1. The number of benzene rings is 2. The average molecular weight is 341 g/mol. The first-order valence-corrected chi connectivity index (χ1v) is 8.85. The van der Waals surface area contributed by atoms with Crippen molar-refractivity contribution in [2.45, 2.75) is 25.0 Å². The lowest BCUT2D eigenvalue weighted by atomic mass is 10.1. The maximum absolute atomic E-state index is 12.3. The third-order valence-electron chi connectivity index (χ3n) is 3.69. The Morgan fingerprint density at radius 1 is 1.25 bits per heavy atom. The number of nitrogens with one attached hydrogen (secondary N) is 2. The standard InChI is InChI=1S/C18H19N3O2S/c1-2-10-19-18-21-17(23)15(24-18)11-16(22)20-14-9-5-7-12-6-3-4-8-13(12)14/h3-9,15H,2,10-11H2,1H3,(H,20,22)(H,19,21,23)/t15-/m0/s1. The van der Waals surface area contributed by atoms with Gasteiger partial charge in [0.15, 0.2) is 5.17 Å². The van der Waals surface area contributed by atoms with E-state index in [0.29, 0.717) is 11.7 Å². The van der Waals surface area contributed by atoms with Crippen LogP contribution in [0.25, 0.3) is 10.8 Å². The molecule has 1 aliphatic rings. The Balaban J connectivity index is 1.66. The Hall–Kier alpha value is -2.34. The lowest BCUT2D eigenvalue weighted by Gasteiger charge is -2.10. The van der Waals surface area contributed by atoms with E-state index < -0.39 is 5.25 Å². The van der Waals surface area contributed by atoms with Gasteiger partial charge in [-0.3, -0.25) is 14.6 Å². The number of hydrogen-bond acceptors (Lipinski definition) is 4. The molecule has 0 aliphatic carbocycles. The Labute approximate surface area is 144 Å². The van der Waals surface area contributed by atoms with E-state index in [4.69, 9.17) is 0 Å². The number of hydrogen-bond donors (Lipinski definition) is 2. The quantitative estimate of drug-likeness (QED) is 0.877. The van der Waals surface area contributed by atoms with Crippen molar-refractivity contribution in [1.82, 2.24) is 5.32 Å². The summed E-state index contributed by atoms with van der Waals surface area (Å²) in [6, 6.07) is 13.7. The average Bonchev–Trinajstić information content (AvgIpc) is 2.93. The number of rotatable bonds is 5. The number of amides is 2. The molecule has 1 aliphatic heterocycles. The molecule has 0 radical (unpaired) electrons. The van der Waals surface area contributed by atoms with Crippen LogP contribution in [0.15, 0.2) is 47.5 Å². The number of thioether (sulfide) groups is 1. The number of amidine groups is 1. The fourth-order valence-corrected chi connectivity index (χ4v) is 3.53. The van der Waals surface area contributed by atoms with E-state index in [0.717, 1.165) is 22.9 Å². The van der Waals surface area contributed by atoms with E-state index in [2.05, 4.69) is 15.6 Å². The molecule has 1 heterocycles. The van der Waals surface area contributed by atoms with Crippen LogP contribution < -0.4 is 10.6 Å². The zero-order valence-corrected chi connectivity index (χ0v) is 14.2. The van der Waals surface area contributed by atoms with Gasteiger partial charge in [-0.1, -0.05) is 55.1 Å². The van der Waals surface area contributed by atoms with Gasteiger partial charge in [-0.15, -0.1) is 0 Å². The van der Waals surface area contributed by atoms with Crippen molar-refractivity contribution in [3.63, 3.8) is 0 Å². The smallest absolute Gasteiger partial charge is 0.240 e. The minimum Gasteiger partial charge on any atom is -0.325 e. The van der Waals surface area contributed by atoms with Crippen molar-refractivity contribution in [3.8, 4) is 0 Å². The van der Waals surface area contributed by atoms with Gasteiger partial charge in [-0.2, -0.15) is 0 Å². The number of nitrogens with zero attached hydrogens (tertiary/aromatic N) is 1. The highest BCUT2D eigenvalue weighted by molar-refractivity contribution is 8.15. The Kier molecular flexibility index (Phi) is 5.15. The van der Waals surface area contributed by atoms with Crippen LogP contribution in [-0.2, 0) is 9.59 Å². The van der Waals surface area contributed by atoms with Gasteiger partial charge < -0.3 is 10.6 Å². The molecule has 3 rings (SSSR count). The van der Waals surface area contributed by atoms with E-state index in [9.17, 15) is 9.59 Å². The normalized spacial score (nSPS) is 18.8. The fourth-order valence-electron chi connectivity index (χ4n) is 2.53. The van der Waals surface area contributed by atoms with Crippen LogP contribution in [0, 0.1) is 0 Å². The SMILES string of the molecule is CCCN=C1NC(=O)[C@H](CC(=O)Nc2cccc3ccccc23)S1. The first-order chi connectivity index (χ1) is 11.7. The predicted octanol–water partition coefficient (Wildman–Crippen LogP) is 3.17. The van der Waals surface area contributed by atoms with Crippen LogP contribution in [-0.4, -0.2) is 28.8 Å². The summed E-state index contributed by atoms with van der Waals surface area (Å²) in [4.78, 5) is 28.6. The maximum atomic E-state index is 12.3. The second-order valence-corrected chi connectivity index (χ2v) is 6.75. The summed E-state index contributed by atoms with van der Waals surface area (Å²) < 4.78 is 0. The number of carbonyl (C=O) groups is 2. The van der Waals surface area contributed by atoms with Crippen LogP contribution >= 0.6 is 11.8 Å². The van der Waals surface area contributed by atoms with Crippen LogP contribution in [0.4, 0.5) is 5.69 Å². The van der Waals surface area contributed by atoms with Crippen LogP contribution in [0.1, 0.15) is 19.8 Å². The van der Waals surface area contributed by atoms with E-state index in [1.54, 1.807) is 0 Å². The van der Waals surface area contributed by atoms with E-state index >= 15 is 0 Å². The molecule has 0 aromatic heterocycles. The van der Waals surface area contributed by atoms with Crippen LogP contribution in [0.5, 0.6) is 0 Å². The number of fused-ring (bicyclic) bond motifs is 1. The van der Waals surface area contributed by atoms with Gasteiger partial charge >= 0.3 is 0 Å². The largest absolute Gasteiger partial charge is 0.325 e. The highest BCUT2D eigenvalue weighted by atomic mass is 32.2. The van der Waals surface area contributed by atoms with Crippen molar-refractivity contribution in [3.05, 3.63) is 42.5 Å². The molecule has 0 saturated carbocycles. The van der Waals surface area contributed by atoms with Gasteiger partial charge in [-0.25, -0.2) is 0 Å². The van der Waals surface area contributed by atoms with Crippen molar-refractivity contribution < 1.29 is 9.59 Å². The monoisotopic (exact) mass is 341 g/mol. The zero-order chi connectivity index (χ0) is 16.9. The Bertz CT molecular complexity index is 798. The highest BCUT2D eigenvalue weighted by Crippen LogP contribution is 2.25. The predicted molar refractivity (Wildman–Crippen MR) is 99.3 cm³/mol. The van der Waals surface area contributed by atoms with Gasteiger partial charge in [0.05, 0.1) is 0 Å². The first-order valence-electron chi connectivity index (χ1n) is 7.97. The number of aliphatic imine (C=N–C) groups is 1. The molecule has 2 N–H and O–H groups in total. The molecule has 24 heavy (non-hydrogen) atoms. The lowest BCUT2D eigenvalue weighted by molar-refractivity contribution is -0.122. The summed E-state index contributed by atoms with van der Waals surface area (Å²) in [5, 5.41) is 7.90. The molecule has 1 fully saturated rings. The summed E-state index contributed by atoms with van der Waals surface area (Å²) in [5.41, 5.74) is 0.765. The van der Waals surface area contributed by atoms with Gasteiger partial charge in [0.25, 0.3) is 0 Å². The fraction of sp³-hybridized carbons (Fsp3) is 0.278. The molecule has 1 atom stereocenters. The summed E-state index contributed by atoms with van der Waals surface area (Å²) >= 11 is 1.33. The molecule has 6 heteroatoms. The van der Waals surface area contributed by atoms with Crippen molar-refractivity contribution in [2.24, 2.45) is 4.99 Å². The van der Waals surface area contributed by atoms with Crippen LogP contribution in [0.3, 0.4) is 0 Å². The van der Waals surface area contributed by atoms with Crippen LogP contribution in [0.2, 0.25) is 0 Å². The molecular formula is C18H19N3O2S. The third-order valence-corrected chi connectivity index (χ3v) is 4.81. The lowest BCUT2D eigenvalue weighted by Crippen LogP contribution is -2.28. The Morgan fingerprint density at radius 3 is 2.88 bits per heavy atom. The molecule has 2 aromatic rings. The topological polar surface area (TPSA) is 70.6 Å². The molecule has 2 amide bonds. The second kappa shape index (κ2) is 7.49. The zero-order valence-electron chi connectivity index (χ0n) is 13.4. The van der Waals surface area contributed by atoms with E-state index in [1.807, 2.05) is 49.4 Å². The summed E-state index contributed by atoms with van der Waals surface area (Å²) in [5.74, 6) is -0.321. The van der Waals surface area contributed by atoms with E-state index in [1.165, 1.54) is 11.8 Å². The van der Waals surface area contributed by atoms with Crippen molar-refractivity contribution in [2.75, 3.05) is 11.9 Å². The maximum Gasteiger partial charge on any atom is 0.240 e. The van der Waals surface area contributed by atoms with Crippen molar-refractivity contribution in [1.29, 1.82) is 0 Å². The van der Waals surface area contributed by atoms with E-state index in [-0.39, 0.29) is 18.2 Å². The molecule has 1 saturated heterocycles. The van der Waals surface area contributed by atoms with Crippen molar-refractivity contribution >= 4 is 45.2 Å². The third kappa shape index (κ3) is 3.76. The summed E-state index contributed by atoms with van der Waals surface area (Å²) in [6.45, 7) is 2.71.